The molecule has 0 aromatic carbocycles. The van der Waals surface area contributed by atoms with Gasteiger partial charge >= 0.3 is 10.4 Å². The van der Waals surface area contributed by atoms with Crippen molar-refractivity contribution in [2.75, 3.05) is 13.2 Å². The molecule has 5 aliphatic rings. The van der Waals surface area contributed by atoms with Gasteiger partial charge in [-0.05, 0) is 115 Å². The standard InChI is InChI=1S/C62H104O22S/c1-5-18-40(3)29-48-35-50(69)52(78-48)23-16-15-20-42-31-47(83-77-38-42)21-14-12-10-8-6-7-9-11-13-19-39(2)25-28-54-53(80-54)24-17-22-46(79-62-60(73)59(72)58(71)57(37-63)82-62)34-45(67)33-44(66)32-43(65)26-27-49(68)55-36-51(70)61(84-85(74,75)76)56(81-55)30-41(4)64/h5,10,12,15-16,31,39,41,43,45-65,67-73H,1,3,6-9,11,13-14,17-30,32-38H2,2,4H3,(H,74,75,76)/b12-10+,16-15+/t39-,41+,43+,45+,46+,47-,48-,49-,50-,51+,52+,53-,54-,55+,56-,57-,58-,59+,60-,61+,62-/m1/s1. The molecule has 22 nitrogen and oxygen atoms in total. The number of allylic oxidation sites excluding steroid dienone is 4. The Balaban J connectivity index is 0.920. The fourth-order valence-electron chi connectivity index (χ4n) is 11.9. The van der Waals surface area contributed by atoms with E-state index in [-0.39, 0.29) is 75.5 Å². The molecule has 85 heavy (non-hydrogen) atoms. The molecule has 21 atom stereocenters. The van der Waals surface area contributed by atoms with E-state index in [1.54, 1.807) is 0 Å². The van der Waals surface area contributed by atoms with Crippen LogP contribution < -0.4 is 0 Å². The number of rotatable bonds is 43. The fourth-order valence-corrected chi connectivity index (χ4v) is 12.4. The lowest BCUT2D eigenvalue weighted by Crippen LogP contribution is -2.59. The third kappa shape index (κ3) is 27.7. The van der Waals surface area contributed by atoms with Gasteiger partial charge < -0.3 is 74.7 Å². The predicted octanol–water partition coefficient (Wildman–Crippen LogP) is 5.31. The number of hydrogen-bond acceptors (Lipinski definition) is 21. The molecule has 23 heteroatoms. The van der Waals surface area contributed by atoms with Gasteiger partial charge in [-0.3, -0.25) is 9.35 Å². The van der Waals surface area contributed by atoms with Gasteiger partial charge in [0.05, 0.1) is 86.0 Å². The second-order valence-corrected chi connectivity index (χ2v) is 25.6. The van der Waals surface area contributed by atoms with Crippen LogP contribution in [0.1, 0.15) is 181 Å². The van der Waals surface area contributed by atoms with Crippen LogP contribution in [0.2, 0.25) is 0 Å². The molecule has 0 radical (unpaired) electrons. The Kier molecular flexibility index (Phi) is 33.0. The van der Waals surface area contributed by atoms with E-state index in [1.807, 2.05) is 6.08 Å². The van der Waals surface area contributed by atoms with Crippen molar-refractivity contribution < 1.29 is 106 Å². The largest absolute Gasteiger partial charge is 0.397 e. The first kappa shape index (κ1) is 73.3. The molecule has 0 amide bonds. The smallest absolute Gasteiger partial charge is 0.394 e. The van der Waals surface area contributed by atoms with Crippen LogP contribution in [0.4, 0.5) is 0 Å². The van der Waals surface area contributed by atoms with Crippen LogP contribution in [0.15, 0.2) is 60.8 Å². The zero-order valence-corrected chi connectivity index (χ0v) is 50.9. The molecule has 11 N–H and O–H groups in total. The van der Waals surface area contributed by atoms with Gasteiger partial charge in [0, 0.05) is 38.5 Å². The summed E-state index contributed by atoms with van der Waals surface area (Å²) in [6, 6.07) is 0. The SMILES string of the molecule is C=CCC(=C)C[C@@H]1C[C@@H](O)[C@H](C/C=C/CC2=C[C@@H](CC/C=C/CCCCCCC[C@@H](C)CC[C@H]3O[C@@H]3CCC[C@@H](C[C@@H](O)CC(=O)C[C@@H](O)CC[C@@H](O)[C@@H]3C[C@H](O)[C@H](OS(=O)(=O)O)[C@@H](C[C@H](C)O)O3)O[C@@H]3O[C@H](CO)[C@@H](O)[C@H](O)[C@H]3O)OOC2)O1. The minimum Gasteiger partial charge on any atom is -0.394 e. The molecule has 0 bridgehead atoms. The Bertz CT molecular complexity index is 2140. The van der Waals surface area contributed by atoms with Gasteiger partial charge in [-0.2, -0.15) is 8.42 Å². The van der Waals surface area contributed by atoms with E-state index in [0.29, 0.717) is 44.6 Å². The predicted molar refractivity (Wildman–Crippen MR) is 313 cm³/mol. The summed E-state index contributed by atoms with van der Waals surface area (Å²) < 4.78 is 66.0. The molecule has 5 aliphatic heterocycles. The van der Waals surface area contributed by atoms with E-state index in [9.17, 15) is 68.8 Å². The molecule has 5 heterocycles. The summed E-state index contributed by atoms with van der Waals surface area (Å²) in [5, 5.41) is 105. The Morgan fingerprint density at radius 3 is 2.21 bits per heavy atom. The topological polar surface area (TPSA) is 351 Å². The summed E-state index contributed by atoms with van der Waals surface area (Å²) in [6.07, 6.45) is 9.34. The summed E-state index contributed by atoms with van der Waals surface area (Å²) in [7, 11) is -4.98. The van der Waals surface area contributed by atoms with Crippen molar-refractivity contribution in [1.29, 1.82) is 0 Å². The highest BCUT2D eigenvalue weighted by molar-refractivity contribution is 7.80. The van der Waals surface area contributed by atoms with Crippen molar-refractivity contribution in [2.45, 2.75) is 303 Å². The number of aliphatic hydroxyl groups is 10. The number of carbonyl (C=O) groups is 1. The van der Waals surface area contributed by atoms with Gasteiger partial charge in [-0.25, -0.2) is 14.0 Å². The second kappa shape index (κ2) is 38.3. The highest BCUT2D eigenvalue weighted by Gasteiger charge is 2.46. The lowest BCUT2D eigenvalue weighted by atomic mass is 9.90. The lowest BCUT2D eigenvalue weighted by Gasteiger charge is -2.41. The van der Waals surface area contributed by atoms with Gasteiger partial charge in [0.2, 0.25) is 0 Å². The molecule has 0 unspecified atom stereocenters. The molecule has 0 spiro atoms. The number of hydrogen-bond donors (Lipinski definition) is 11. The first-order valence-corrected chi connectivity index (χ1v) is 32.6. The van der Waals surface area contributed by atoms with Crippen molar-refractivity contribution in [3.8, 4) is 0 Å². The van der Waals surface area contributed by atoms with E-state index in [1.165, 1.54) is 38.2 Å². The minimum absolute atomic E-state index is 0.00792. The van der Waals surface area contributed by atoms with Crippen molar-refractivity contribution in [1.82, 2.24) is 0 Å². The Labute approximate surface area is 503 Å². The van der Waals surface area contributed by atoms with E-state index in [0.717, 1.165) is 69.8 Å². The third-order valence-corrected chi connectivity index (χ3v) is 17.2. The first-order chi connectivity index (χ1) is 40.5. The molecule has 0 saturated carbocycles. The van der Waals surface area contributed by atoms with Gasteiger partial charge in [-0.1, -0.05) is 87.6 Å². The Morgan fingerprint density at radius 1 is 0.741 bits per heavy atom. The molecule has 490 valence electrons. The van der Waals surface area contributed by atoms with E-state index < -0.39 is 115 Å². The number of ether oxygens (including phenoxy) is 5. The normalized spacial score (nSPS) is 32.2. The quantitative estimate of drug-likeness (QED) is 0.0121. The van der Waals surface area contributed by atoms with Gasteiger partial charge in [0.1, 0.15) is 49.0 Å². The minimum atomic E-state index is -4.98. The molecule has 0 aromatic rings. The number of Topliss-reactive ketones (excluding diaryl/α,β-unsaturated/α-hetero) is 1. The summed E-state index contributed by atoms with van der Waals surface area (Å²) in [5.74, 6) is 0.0709. The highest BCUT2D eigenvalue weighted by Crippen LogP contribution is 2.35. The van der Waals surface area contributed by atoms with Crippen molar-refractivity contribution in [3.05, 3.63) is 60.8 Å². The summed E-state index contributed by atoms with van der Waals surface area (Å²) in [5.41, 5.74) is 2.26. The zero-order chi connectivity index (χ0) is 62.1. The molecular weight excluding hydrogens is 1130 g/mol. The van der Waals surface area contributed by atoms with E-state index in [2.05, 4.69) is 54.6 Å². The zero-order valence-electron chi connectivity index (χ0n) is 50.1. The van der Waals surface area contributed by atoms with Crippen LogP contribution in [0.5, 0.6) is 0 Å². The molecule has 5 rings (SSSR count). The molecule has 0 aromatic heterocycles. The van der Waals surface area contributed by atoms with Crippen LogP contribution in [-0.2, 0) is 52.8 Å². The average molecular weight is 1230 g/mol. The van der Waals surface area contributed by atoms with Crippen LogP contribution in [-0.4, -0.2) is 205 Å². The van der Waals surface area contributed by atoms with E-state index in [4.69, 9.17) is 33.5 Å². The first-order valence-electron chi connectivity index (χ1n) is 31.3. The molecule has 4 saturated heterocycles. The maximum Gasteiger partial charge on any atom is 0.397 e. The number of epoxide rings is 1. The second-order valence-electron chi connectivity index (χ2n) is 24.6. The van der Waals surface area contributed by atoms with E-state index >= 15 is 0 Å². The average Bonchev–Trinajstić information content (AvgIpc) is 4.07. The molecule has 4 fully saturated rings. The van der Waals surface area contributed by atoms with Crippen LogP contribution in [0.25, 0.3) is 0 Å². The number of ketones is 1. The number of carbonyl (C=O) groups excluding carboxylic acids is 1. The van der Waals surface area contributed by atoms with Crippen LogP contribution in [0, 0.1) is 5.92 Å². The summed E-state index contributed by atoms with van der Waals surface area (Å²) in [6.45, 7) is 11.3. The van der Waals surface area contributed by atoms with Crippen molar-refractivity contribution >= 4 is 16.2 Å². The summed E-state index contributed by atoms with van der Waals surface area (Å²) in [4.78, 5) is 24.0. The Morgan fingerprint density at radius 2 is 1.47 bits per heavy atom. The fraction of sp³-hybridized carbons (Fsp3) is 0.823. The summed E-state index contributed by atoms with van der Waals surface area (Å²) >= 11 is 0. The monoisotopic (exact) mass is 1230 g/mol. The van der Waals surface area contributed by atoms with Gasteiger partial charge in [-0.15, -0.1) is 6.58 Å². The van der Waals surface area contributed by atoms with Gasteiger partial charge in [0.15, 0.2) is 6.29 Å². The lowest BCUT2D eigenvalue weighted by molar-refractivity contribution is -0.316. The van der Waals surface area contributed by atoms with Crippen molar-refractivity contribution in [2.24, 2.45) is 5.92 Å². The van der Waals surface area contributed by atoms with Crippen LogP contribution >= 0.6 is 0 Å². The number of aliphatic hydroxyl groups excluding tert-OH is 10. The van der Waals surface area contributed by atoms with Crippen molar-refractivity contribution in [3.63, 3.8) is 0 Å². The highest BCUT2D eigenvalue weighted by atomic mass is 32.3. The third-order valence-electron chi connectivity index (χ3n) is 16.8. The molecular formula is C62H104O22S. The maximum atomic E-state index is 13.1. The van der Waals surface area contributed by atoms with Gasteiger partial charge in [0.25, 0.3) is 0 Å². The molecule has 0 aliphatic carbocycles. The maximum absolute atomic E-state index is 13.1. The number of unbranched alkanes of at least 4 members (excludes halogenated alkanes) is 5. The van der Waals surface area contributed by atoms with Crippen LogP contribution in [0.3, 0.4) is 0 Å². The Hall–Kier alpha value is -2.44.